The van der Waals surface area contributed by atoms with E-state index in [1.165, 1.54) is 83.5 Å². The second kappa shape index (κ2) is 46.2. The van der Waals surface area contributed by atoms with E-state index in [1.807, 2.05) is 21.1 Å². The molecule has 0 aliphatic heterocycles. The van der Waals surface area contributed by atoms with Crippen LogP contribution in [-0.4, -0.2) is 70.7 Å². The minimum atomic E-state index is -4.54. The molecule has 0 aromatic heterocycles. The van der Waals surface area contributed by atoms with E-state index in [2.05, 4.69) is 98.9 Å². The van der Waals surface area contributed by atoms with Crippen LogP contribution < -0.4 is 4.89 Å². The van der Waals surface area contributed by atoms with Crippen molar-refractivity contribution in [2.45, 2.75) is 200 Å². The second-order valence-corrected chi connectivity index (χ2v) is 19.2. The summed E-state index contributed by atoms with van der Waals surface area (Å²) >= 11 is 0. The number of likely N-dealkylation sites (N-methyl/N-ethyl adjacent to an activating group) is 1. The van der Waals surface area contributed by atoms with Gasteiger partial charge in [-0.1, -0.05) is 182 Å². The zero-order chi connectivity index (χ0) is 46.2. The summed E-state index contributed by atoms with van der Waals surface area (Å²) in [5.41, 5.74) is 0. The van der Waals surface area contributed by atoms with Crippen molar-refractivity contribution in [3.05, 3.63) is 85.1 Å². The van der Waals surface area contributed by atoms with Crippen LogP contribution >= 0.6 is 7.82 Å². The van der Waals surface area contributed by atoms with Gasteiger partial charge < -0.3 is 27.9 Å². The minimum Gasteiger partial charge on any atom is -0.756 e. The molecule has 0 saturated carbocycles. The van der Waals surface area contributed by atoms with Crippen LogP contribution in [0.25, 0.3) is 0 Å². The van der Waals surface area contributed by atoms with Crippen LogP contribution in [0.15, 0.2) is 85.1 Å². The SMILES string of the molecule is CC/C=C\C/C=C\C/C=C\C/C=C\CCCCCCCOCC(COP(=O)([O-])OCC[N+](C)(C)C)OC(=O)CCCCCCCCCC/C=C\C/C=C\C/C=C\CCCCCCC. The van der Waals surface area contributed by atoms with E-state index in [1.54, 1.807) is 0 Å². The molecule has 0 radical (unpaired) electrons. The average Bonchev–Trinajstić information content (AvgIpc) is 3.24. The lowest BCUT2D eigenvalue weighted by Crippen LogP contribution is -2.37. The molecule has 0 spiro atoms. The van der Waals surface area contributed by atoms with Gasteiger partial charge in [0.1, 0.15) is 19.3 Å². The number of phosphoric ester groups is 1. The van der Waals surface area contributed by atoms with Crippen LogP contribution in [0.3, 0.4) is 0 Å². The fraction of sp³-hybridized carbons (Fsp3) is 0.722. The summed E-state index contributed by atoms with van der Waals surface area (Å²) in [6.45, 7) is 5.22. The van der Waals surface area contributed by atoms with Crippen LogP contribution in [0, 0.1) is 0 Å². The zero-order valence-corrected chi connectivity index (χ0v) is 42.1. The number of esters is 1. The summed E-state index contributed by atoms with van der Waals surface area (Å²) in [5.74, 6) is -0.351. The summed E-state index contributed by atoms with van der Waals surface area (Å²) in [4.78, 5) is 25.2. The summed E-state index contributed by atoms with van der Waals surface area (Å²) in [5, 5.41) is 0. The summed E-state index contributed by atoms with van der Waals surface area (Å²) in [6.07, 6.45) is 61.7. The highest BCUT2D eigenvalue weighted by Crippen LogP contribution is 2.38. The molecule has 0 amide bonds. The maximum Gasteiger partial charge on any atom is 0.306 e. The molecule has 0 saturated heterocycles. The normalized spacial score (nSPS) is 14.3. The van der Waals surface area contributed by atoms with E-state index in [9.17, 15) is 14.3 Å². The number of nitrogens with zero attached hydrogens (tertiary/aromatic N) is 1. The number of allylic oxidation sites excluding steroid dienone is 14. The quantitative estimate of drug-likeness (QED) is 0.0197. The topological polar surface area (TPSA) is 94.1 Å². The maximum atomic E-state index is 12.7. The van der Waals surface area contributed by atoms with Crippen LogP contribution in [0.2, 0.25) is 0 Å². The fourth-order valence-electron chi connectivity index (χ4n) is 6.54. The first-order valence-corrected chi connectivity index (χ1v) is 26.8. The molecule has 2 atom stereocenters. The van der Waals surface area contributed by atoms with Crippen molar-refractivity contribution >= 4 is 13.8 Å². The lowest BCUT2D eigenvalue weighted by Gasteiger charge is -2.28. The second-order valence-electron chi connectivity index (χ2n) is 17.8. The van der Waals surface area contributed by atoms with Crippen LogP contribution in [-0.2, 0) is 27.9 Å². The number of phosphoric acid groups is 1. The number of carbonyl (C=O) groups is 1. The molecule has 0 aromatic rings. The zero-order valence-electron chi connectivity index (χ0n) is 41.2. The highest BCUT2D eigenvalue weighted by Gasteiger charge is 2.20. The van der Waals surface area contributed by atoms with Crippen LogP contribution in [0.4, 0.5) is 0 Å². The average molecular weight is 902 g/mol. The Bertz CT molecular complexity index is 1280. The molecule has 364 valence electrons. The first-order valence-electron chi connectivity index (χ1n) is 25.3. The van der Waals surface area contributed by atoms with Gasteiger partial charge in [0.05, 0.1) is 34.4 Å². The lowest BCUT2D eigenvalue weighted by atomic mass is 10.1. The predicted molar refractivity (Wildman–Crippen MR) is 268 cm³/mol. The van der Waals surface area contributed by atoms with E-state index < -0.39 is 13.9 Å². The molecule has 63 heavy (non-hydrogen) atoms. The molecule has 0 heterocycles. The van der Waals surface area contributed by atoms with Gasteiger partial charge in [0.2, 0.25) is 0 Å². The number of carbonyl (C=O) groups excluding carboxylic acids is 1. The van der Waals surface area contributed by atoms with Gasteiger partial charge >= 0.3 is 5.97 Å². The molecule has 0 aliphatic rings. The van der Waals surface area contributed by atoms with Crippen LogP contribution in [0.5, 0.6) is 0 Å². The predicted octanol–water partition coefficient (Wildman–Crippen LogP) is 15.0. The maximum absolute atomic E-state index is 12.7. The standard InChI is InChI=1S/C54H96NO7P/c1-6-8-10-12-14-16-18-20-22-24-26-27-28-29-30-31-33-35-37-39-41-43-45-47-54(56)62-53(52-61-63(57,58)60-50-48-55(3,4)5)51-59-49-46-44-42-40-38-36-34-32-25-23-21-19-17-15-13-11-9-7-2/h9,11,15,17-18,20-21,23-24,26,28-29,32,34,53H,6-8,10,12-14,16,19,22,25,27,30-31,33,35-52H2,1-5H3/b11-9-,17-15-,20-18-,23-21-,26-24-,29-28-,34-32-. The van der Waals surface area contributed by atoms with Crippen molar-refractivity contribution in [2.24, 2.45) is 0 Å². The Labute approximate surface area is 388 Å². The third-order valence-corrected chi connectivity index (χ3v) is 11.4. The van der Waals surface area contributed by atoms with Gasteiger partial charge in [0.25, 0.3) is 7.82 Å². The van der Waals surface area contributed by atoms with E-state index >= 15 is 0 Å². The van der Waals surface area contributed by atoms with Gasteiger partial charge in [-0.05, 0) is 89.9 Å². The van der Waals surface area contributed by atoms with Crippen molar-refractivity contribution in [1.82, 2.24) is 0 Å². The van der Waals surface area contributed by atoms with Crippen molar-refractivity contribution in [3.63, 3.8) is 0 Å². The van der Waals surface area contributed by atoms with Gasteiger partial charge in [0.15, 0.2) is 0 Å². The Morgan fingerprint density at radius 2 is 0.921 bits per heavy atom. The molecular weight excluding hydrogens is 806 g/mol. The van der Waals surface area contributed by atoms with Crippen molar-refractivity contribution < 1.29 is 37.3 Å². The van der Waals surface area contributed by atoms with Gasteiger partial charge in [0, 0.05) is 13.0 Å². The highest BCUT2D eigenvalue weighted by atomic mass is 31.2. The number of quaternary nitrogens is 1. The summed E-state index contributed by atoms with van der Waals surface area (Å²) in [6, 6.07) is 0. The third kappa shape index (κ3) is 50.5. The fourth-order valence-corrected chi connectivity index (χ4v) is 7.27. The largest absolute Gasteiger partial charge is 0.756 e. The van der Waals surface area contributed by atoms with Crippen molar-refractivity contribution in [2.75, 3.05) is 54.1 Å². The summed E-state index contributed by atoms with van der Waals surface area (Å²) in [7, 11) is 1.33. The Balaban J connectivity index is 4.22. The Hall–Kier alpha value is -2.32. The number of hydrogen-bond acceptors (Lipinski definition) is 7. The van der Waals surface area contributed by atoms with Crippen molar-refractivity contribution in [1.29, 1.82) is 0 Å². The highest BCUT2D eigenvalue weighted by molar-refractivity contribution is 7.45. The Morgan fingerprint density at radius 1 is 0.508 bits per heavy atom. The first-order chi connectivity index (χ1) is 30.6. The molecule has 9 heteroatoms. The number of unbranched alkanes of at least 4 members (excludes halogenated alkanes) is 18. The molecule has 0 aromatic carbocycles. The molecule has 2 unspecified atom stereocenters. The van der Waals surface area contributed by atoms with E-state index in [0.717, 1.165) is 89.9 Å². The van der Waals surface area contributed by atoms with E-state index in [-0.39, 0.29) is 25.8 Å². The van der Waals surface area contributed by atoms with Crippen molar-refractivity contribution in [3.8, 4) is 0 Å². The number of rotatable bonds is 46. The summed E-state index contributed by atoms with van der Waals surface area (Å²) < 4.78 is 34.7. The van der Waals surface area contributed by atoms with E-state index in [0.29, 0.717) is 24.1 Å². The minimum absolute atomic E-state index is 0.0159. The Morgan fingerprint density at radius 3 is 1.38 bits per heavy atom. The molecule has 0 aliphatic carbocycles. The molecule has 8 nitrogen and oxygen atoms in total. The smallest absolute Gasteiger partial charge is 0.306 e. The van der Waals surface area contributed by atoms with Gasteiger partial charge in [-0.3, -0.25) is 9.36 Å². The van der Waals surface area contributed by atoms with Gasteiger partial charge in [-0.25, -0.2) is 0 Å². The first kappa shape index (κ1) is 60.7. The number of ether oxygens (including phenoxy) is 2. The number of hydrogen-bond donors (Lipinski definition) is 0. The molecule has 0 N–H and O–H groups in total. The monoisotopic (exact) mass is 902 g/mol. The molecular formula is C54H96NO7P. The van der Waals surface area contributed by atoms with Gasteiger partial charge in [-0.2, -0.15) is 0 Å². The molecule has 0 bridgehead atoms. The van der Waals surface area contributed by atoms with Crippen LogP contribution in [0.1, 0.15) is 194 Å². The Kier molecular flexibility index (Phi) is 44.5. The molecule has 0 fully saturated rings. The molecule has 0 rings (SSSR count). The third-order valence-electron chi connectivity index (χ3n) is 10.4. The van der Waals surface area contributed by atoms with Gasteiger partial charge in [-0.15, -0.1) is 0 Å². The van der Waals surface area contributed by atoms with E-state index in [4.69, 9.17) is 18.5 Å². The lowest BCUT2D eigenvalue weighted by molar-refractivity contribution is -0.870.